The fourth-order valence-electron chi connectivity index (χ4n) is 4.88. The Labute approximate surface area is 196 Å². The van der Waals surface area contributed by atoms with Crippen LogP contribution in [0.5, 0.6) is 0 Å². The summed E-state index contributed by atoms with van der Waals surface area (Å²) in [7, 11) is 0. The Balaban J connectivity index is 1.28. The minimum Gasteiger partial charge on any atom is -0.478 e. The van der Waals surface area contributed by atoms with Gasteiger partial charge in [-0.15, -0.1) is 0 Å². The lowest BCUT2D eigenvalue weighted by Gasteiger charge is -2.37. The molecule has 5 rings (SSSR count). The van der Waals surface area contributed by atoms with Crippen molar-refractivity contribution in [3.05, 3.63) is 59.5 Å². The van der Waals surface area contributed by atoms with Crippen molar-refractivity contribution in [2.75, 3.05) is 24.5 Å². The molecule has 0 saturated carbocycles. The van der Waals surface area contributed by atoms with E-state index < -0.39 is 17.7 Å². The van der Waals surface area contributed by atoms with E-state index in [1.54, 1.807) is 29.2 Å². The molecule has 8 nitrogen and oxygen atoms in total. The van der Waals surface area contributed by atoms with E-state index >= 15 is 0 Å². The number of halogens is 1. The van der Waals surface area contributed by atoms with Gasteiger partial charge in [0.05, 0.1) is 23.3 Å². The zero-order valence-corrected chi connectivity index (χ0v) is 19.2. The summed E-state index contributed by atoms with van der Waals surface area (Å²) in [6.45, 7) is 6.60. The van der Waals surface area contributed by atoms with Crippen LogP contribution in [0.15, 0.2) is 42.5 Å². The molecule has 0 radical (unpaired) electrons. The number of anilines is 1. The Morgan fingerprint density at radius 3 is 2.53 bits per heavy atom. The van der Waals surface area contributed by atoms with Crippen molar-refractivity contribution in [2.45, 2.75) is 44.9 Å². The average molecular weight is 467 g/mol. The number of amides is 1. The highest BCUT2D eigenvalue weighted by Crippen LogP contribution is 2.36. The van der Waals surface area contributed by atoms with E-state index in [9.17, 15) is 14.0 Å². The van der Waals surface area contributed by atoms with Gasteiger partial charge < -0.3 is 9.84 Å². The highest BCUT2D eigenvalue weighted by Gasteiger charge is 2.47. The van der Waals surface area contributed by atoms with E-state index in [0.29, 0.717) is 31.6 Å². The molecule has 2 aliphatic rings. The van der Waals surface area contributed by atoms with Crippen LogP contribution in [-0.4, -0.2) is 57.1 Å². The fourth-order valence-corrected chi connectivity index (χ4v) is 4.88. The van der Waals surface area contributed by atoms with Crippen LogP contribution in [0.25, 0.3) is 10.9 Å². The number of carboxylic acid groups (broad SMARTS) is 1. The maximum atomic E-state index is 13.9. The number of carboxylic acids is 1. The summed E-state index contributed by atoms with van der Waals surface area (Å²) in [5.41, 5.74) is 2.01. The molecule has 0 bridgehead atoms. The third kappa shape index (κ3) is 4.00. The largest absolute Gasteiger partial charge is 0.478 e. The first kappa shape index (κ1) is 22.3. The lowest BCUT2D eigenvalue weighted by molar-refractivity contribution is -0.00120. The highest BCUT2D eigenvalue weighted by atomic mass is 19.1. The number of likely N-dealkylation sites (tertiary alicyclic amines) is 1. The van der Waals surface area contributed by atoms with Crippen molar-refractivity contribution in [2.24, 2.45) is 0 Å². The number of hydrogen-bond donors (Lipinski definition) is 1. The van der Waals surface area contributed by atoms with Gasteiger partial charge in [-0.3, -0.25) is 14.5 Å². The molecule has 34 heavy (non-hydrogen) atoms. The lowest BCUT2D eigenvalue weighted by Crippen LogP contribution is -2.46. The van der Waals surface area contributed by atoms with Crippen molar-refractivity contribution < 1.29 is 23.8 Å². The number of ether oxygens (including phenoxy) is 1. The normalized spacial score (nSPS) is 18.2. The van der Waals surface area contributed by atoms with Gasteiger partial charge in [0.25, 0.3) is 0 Å². The zero-order chi connectivity index (χ0) is 24.0. The standard InChI is InChI=1S/C25H27FN4O4/c1-16(2)30-22-8-5-18(26)13-20(22)21(27-30)14-28-11-9-25(10-12-28)15-29(24(33)34-25)19-6-3-17(4-7-19)23(31)32/h3-8,13,16H,9-12,14-15H2,1-2H3,(H,31,32). The molecule has 1 amide bonds. The number of rotatable bonds is 5. The molecule has 1 spiro atoms. The predicted molar refractivity (Wildman–Crippen MR) is 125 cm³/mol. The lowest BCUT2D eigenvalue weighted by atomic mass is 9.91. The van der Waals surface area contributed by atoms with E-state index in [2.05, 4.69) is 18.7 Å². The third-order valence-electron chi connectivity index (χ3n) is 6.77. The first-order valence-electron chi connectivity index (χ1n) is 11.5. The van der Waals surface area contributed by atoms with Crippen molar-refractivity contribution in [1.29, 1.82) is 0 Å². The summed E-state index contributed by atoms with van der Waals surface area (Å²) in [5.74, 6) is -1.28. The summed E-state index contributed by atoms with van der Waals surface area (Å²) in [6, 6.07) is 11.2. The molecule has 2 aliphatic heterocycles. The minimum atomic E-state index is -1.01. The SMILES string of the molecule is CC(C)n1nc(CN2CCC3(CC2)CN(c2ccc(C(=O)O)cc2)C(=O)O3)c2cc(F)ccc21. The molecule has 0 atom stereocenters. The molecule has 178 valence electrons. The summed E-state index contributed by atoms with van der Waals surface area (Å²) in [6.07, 6.45) is 0.952. The van der Waals surface area contributed by atoms with Crippen LogP contribution in [0.3, 0.4) is 0 Å². The number of carbonyl (C=O) groups is 2. The van der Waals surface area contributed by atoms with Crippen LogP contribution in [0.4, 0.5) is 14.9 Å². The Bertz CT molecular complexity index is 1250. The fraction of sp³-hybridized carbons (Fsp3) is 0.400. The molecule has 0 aliphatic carbocycles. The van der Waals surface area contributed by atoms with Crippen LogP contribution in [0, 0.1) is 5.82 Å². The molecule has 2 aromatic carbocycles. The Morgan fingerprint density at radius 1 is 1.18 bits per heavy atom. The van der Waals surface area contributed by atoms with Crippen molar-refractivity contribution in [3.8, 4) is 0 Å². The van der Waals surface area contributed by atoms with Crippen LogP contribution in [-0.2, 0) is 11.3 Å². The second-order valence-corrected chi connectivity index (χ2v) is 9.41. The number of aromatic carboxylic acids is 1. The quantitative estimate of drug-likeness (QED) is 0.598. The number of aromatic nitrogens is 2. The van der Waals surface area contributed by atoms with Crippen LogP contribution >= 0.6 is 0 Å². The molecular formula is C25H27FN4O4. The van der Waals surface area contributed by atoms with Gasteiger partial charge in [0.15, 0.2) is 0 Å². The molecule has 1 aromatic heterocycles. The minimum absolute atomic E-state index is 0.166. The smallest absolute Gasteiger partial charge is 0.415 e. The highest BCUT2D eigenvalue weighted by molar-refractivity contribution is 5.92. The van der Waals surface area contributed by atoms with Crippen LogP contribution < -0.4 is 4.90 Å². The average Bonchev–Trinajstić information content (AvgIpc) is 3.33. The monoisotopic (exact) mass is 466 g/mol. The van der Waals surface area contributed by atoms with Gasteiger partial charge >= 0.3 is 12.1 Å². The molecule has 0 unspecified atom stereocenters. The van der Waals surface area contributed by atoms with Gasteiger partial charge in [-0.05, 0) is 56.3 Å². The Morgan fingerprint density at radius 2 is 1.88 bits per heavy atom. The van der Waals surface area contributed by atoms with Crippen molar-refractivity contribution >= 4 is 28.7 Å². The molecule has 3 aromatic rings. The first-order chi connectivity index (χ1) is 16.2. The Hall–Kier alpha value is -3.46. The number of nitrogens with zero attached hydrogens (tertiary/aromatic N) is 4. The number of fused-ring (bicyclic) bond motifs is 1. The van der Waals surface area contributed by atoms with E-state index in [-0.39, 0.29) is 17.4 Å². The summed E-state index contributed by atoms with van der Waals surface area (Å²) < 4.78 is 21.7. The number of carbonyl (C=O) groups excluding carboxylic acids is 1. The molecule has 3 heterocycles. The maximum absolute atomic E-state index is 13.9. The summed E-state index contributed by atoms with van der Waals surface area (Å²) in [5, 5.41) is 14.7. The first-order valence-corrected chi connectivity index (χ1v) is 11.5. The third-order valence-corrected chi connectivity index (χ3v) is 6.77. The van der Waals surface area contributed by atoms with Gasteiger partial charge in [-0.2, -0.15) is 5.10 Å². The van der Waals surface area contributed by atoms with Gasteiger partial charge in [0.2, 0.25) is 0 Å². The van der Waals surface area contributed by atoms with E-state index in [0.717, 1.165) is 29.7 Å². The van der Waals surface area contributed by atoms with Gasteiger partial charge in [0.1, 0.15) is 11.4 Å². The second-order valence-electron chi connectivity index (χ2n) is 9.41. The van der Waals surface area contributed by atoms with Gasteiger partial charge in [-0.1, -0.05) is 0 Å². The zero-order valence-electron chi connectivity index (χ0n) is 19.2. The topological polar surface area (TPSA) is 87.9 Å². The number of benzene rings is 2. The van der Waals surface area contributed by atoms with Crippen molar-refractivity contribution in [3.63, 3.8) is 0 Å². The van der Waals surface area contributed by atoms with Gasteiger partial charge in [-0.25, -0.2) is 14.0 Å². The molecule has 1 N–H and O–H groups in total. The summed E-state index contributed by atoms with van der Waals surface area (Å²) >= 11 is 0. The van der Waals surface area contributed by atoms with Crippen LogP contribution in [0.2, 0.25) is 0 Å². The number of hydrogen-bond acceptors (Lipinski definition) is 5. The van der Waals surface area contributed by atoms with Gasteiger partial charge in [0, 0.05) is 49.6 Å². The summed E-state index contributed by atoms with van der Waals surface area (Å²) in [4.78, 5) is 27.5. The second kappa shape index (κ2) is 8.39. The molecule has 2 fully saturated rings. The molecule has 9 heteroatoms. The number of piperidine rings is 1. The van der Waals surface area contributed by atoms with E-state index in [1.165, 1.54) is 18.2 Å². The predicted octanol–water partition coefficient (Wildman–Crippen LogP) is 4.45. The van der Waals surface area contributed by atoms with E-state index in [4.69, 9.17) is 14.9 Å². The van der Waals surface area contributed by atoms with Crippen molar-refractivity contribution in [1.82, 2.24) is 14.7 Å². The maximum Gasteiger partial charge on any atom is 0.415 e. The molecular weight excluding hydrogens is 439 g/mol. The van der Waals surface area contributed by atoms with E-state index in [1.807, 2.05) is 4.68 Å². The van der Waals surface area contributed by atoms with Crippen LogP contribution in [0.1, 0.15) is 48.8 Å². The Kier molecular flexibility index (Phi) is 5.51. The molecule has 2 saturated heterocycles.